The topological polar surface area (TPSA) is 32.6 Å². The quantitative estimate of drug-likeness (QED) is 0.315. The lowest BCUT2D eigenvalue weighted by molar-refractivity contribution is 0.475. The number of phenolic OH excluding ortho intramolecular Hbond substituents is 1. The summed E-state index contributed by atoms with van der Waals surface area (Å²) in [6.07, 6.45) is 18.2. The monoisotopic (exact) mass is 303 g/mol. The van der Waals surface area contributed by atoms with Gasteiger partial charge in [0.2, 0.25) is 0 Å². The largest absolute Gasteiger partial charge is 0.508 e. The summed E-state index contributed by atoms with van der Waals surface area (Å²) >= 11 is 0. The van der Waals surface area contributed by atoms with E-state index < -0.39 is 0 Å². The van der Waals surface area contributed by atoms with Crippen LogP contribution in [0.4, 0.5) is 5.69 Å². The van der Waals surface area contributed by atoms with Crippen LogP contribution in [0.15, 0.2) is 29.3 Å². The molecule has 1 aromatic rings. The zero-order valence-electron chi connectivity index (χ0n) is 14.3. The van der Waals surface area contributed by atoms with Gasteiger partial charge in [-0.2, -0.15) is 0 Å². The lowest BCUT2D eigenvalue weighted by atomic mass is 10.1. The fourth-order valence-electron chi connectivity index (χ4n) is 2.61. The third kappa shape index (κ3) is 10.4. The number of aliphatic imine (C=N–C) groups is 1. The van der Waals surface area contributed by atoms with Crippen molar-refractivity contribution in [2.45, 2.75) is 84.0 Å². The molecule has 0 aliphatic carbocycles. The molecule has 0 saturated carbocycles. The molecule has 0 aliphatic heterocycles. The second kappa shape index (κ2) is 13.4. The molecule has 1 aromatic carbocycles. The zero-order valence-corrected chi connectivity index (χ0v) is 14.3. The number of phenols is 1. The molecular formula is C20H33NO. The van der Waals surface area contributed by atoms with Crippen LogP contribution in [0.5, 0.6) is 5.75 Å². The Morgan fingerprint density at radius 1 is 0.773 bits per heavy atom. The highest BCUT2D eigenvalue weighted by molar-refractivity contribution is 5.63. The van der Waals surface area contributed by atoms with E-state index in [-0.39, 0.29) is 0 Å². The van der Waals surface area contributed by atoms with Gasteiger partial charge < -0.3 is 5.11 Å². The lowest BCUT2D eigenvalue weighted by Crippen LogP contribution is -1.83. The van der Waals surface area contributed by atoms with Crippen molar-refractivity contribution in [2.24, 2.45) is 4.99 Å². The predicted octanol–water partition coefficient (Wildman–Crippen LogP) is 6.80. The molecule has 0 atom stereocenters. The fraction of sp³-hybridized carbons (Fsp3) is 0.650. The van der Waals surface area contributed by atoms with Gasteiger partial charge in [0.05, 0.1) is 5.69 Å². The van der Waals surface area contributed by atoms with Crippen LogP contribution in [0.25, 0.3) is 0 Å². The molecule has 0 spiro atoms. The zero-order chi connectivity index (χ0) is 15.9. The summed E-state index contributed by atoms with van der Waals surface area (Å²) < 4.78 is 0. The molecule has 0 heterocycles. The summed E-state index contributed by atoms with van der Waals surface area (Å²) in [6, 6.07) is 7.03. The van der Waals surface area contributed by atoms with Gasteiger partial charge in [-0.1, -0.05) is 71.1 Å². The molecule has 0 aromatic heterocycles. The molecule has 1 rings (SSSR count). The van der Waals surface area contributed by atoms with Crippen molar-refractivity contribution >= 4 is 11.9 Å². The molecule has 1 N–H and O–H groups in total. The summed E-state index contributed by atoms with van der Waals surface area (Å²) in [7, 11) is 0. The maximum atomic E-state index is 9.19. The molecule has 0 aliphatic rings. The van der Waals surface area contributed by atoms with E-state index in [1.165, 1.54) is 70.6 Å². The molecular weight excluding hydrogens is 270 g/mol. The average molecular weight is 303 g/mol. The number of hydrogen-bond donors (Lipinski definition) is 1. The number of benzene rings is 1. The van der Waals surface area contributed by atoms with Gasteiger partial charge in [-0.25, -0.2) is 0 Å². The Morgan fingerprint density at radius 2 is 1.27 bits per heavy atom. The number of rotatable bonds is 13. The number of nitrogens with zero attached hydrogens (tertiary/aromatic N) is 1. The van der Waals surface area contributed by atoms with Crippen LogP contribution >= 0.6 is 0 Å². The van der Waals surface area contributed by atoms with Crippen molar-refractivity contribution in [3.63, 3.8) is 0 Å². The van der Waals surface area contributed by atoms with Crippen LogP contribution in [0.1, 0.15) is 84.0 Å². The number of unbranched alkanes of at least 4 members (excludes halogenated alkanes) is 11. The molecule has 0 saturated heterocycles. The van der Waals surface area contributed by atoms with Crippen molar-refractivity contribution in [3.8, 4) is 5.75 Å². The molecule has 0 unspecified atom stereocenters. The van der Waals surface area contributed by atoms with Gasteiger partial charge in [-0.05, 0) is 37.1 Å². The third-order valence-electron chi connectivity index (χ3n) is 4.03. The first-order valence-electron chi connectivity index (χ1n) is 9.14. The number of hydrogen-bond acceptors (Lipinski definition) is 2. The van der Waals surface area contributed by atoms with E-state index in [2.05, 4.69) is 11.9 Å². The average Bonchev–Trinajstić information content (AvgIpc) is 2.53. The second-order valence-corrected chi connectivity index (χ2v) is 6.15. The molecule has 0 bridgehead atoms. The Hall–Kier alpha value is -1.31. The highest BCUT2D eigenvalue weighted by Gasteiger charge is 1.93. The van der Waals surface area contributed by atoms with Crippen molar-refractivity contribution in [2.75, 3.05) is 0 Å². The van der Waals surface area contributed by atoms with Gasteiger partial charge in [-0.3, -0.25) is 4.99 Å². The van der Waals surface area contributed by atoms with Gasteiger partial charge in [-0.15, -0.1) is 0 Å². The van der Waals surface area contributed by atoms with Gasteiger partial charge in [0.1, 0.15) is 5.75 Å². The molecule has 2 heteroatoms. The first kappa shape index (κ1) is 18.7. The minimum atomic E-state index is 0.296. The van der Waals surface area contributed by atoms with Gasteiger partial charge in [0.15, 0.2) is 0 Å². The molecule has 124 valence electrons. The van der Waals surface area contributed by atoms with E-state index in [4.69, 9.17) is 0 Å². The minimum Gasteiger partial charge on any atom is -0.508 e. The molecule has 0 fully saturated rings. The van der Waals surface area contributed by atoms with E-state index in [1.54, 1.807) is 12.1 Å². The normalized spacial score (nSPS) is 11.3. The summed E-state index contributed by atoms with van der Waals surface area (Å²) in [5.74, 6) is 0.296. The van der Waals surface area contributed by atoms with E-state index in [0.29, 0.717) is 5.75 Å². The highest BCUT2D eigenvalue weighted by Crippen LogP contribution is 2.16. The Labute approximate surface area is 136 Å². The maximum absolute atomic E-state index is 9.19. The third-order valence-corrected chi connectivity index (χ3v) is 4.03. The standard InChI is InChI=1S/C20H33NO/c1-2-3-4-5-6-7-8-9-10-11-12-13-18-21-19-14-16-20(22)17-15-19/h14-18,22H,2-13H2,1H3/b21-18-. The maximum Gasteiger partial charge on any atom is 0.115 e. The van der Waals surface area contributed by atoms with Crippen LogP contribution in [-0.4, -0.2) is 11.3 Å². The highest BCUT2D eigenvalue weighted by atomic mass is 16.3. The van der Waals surface area contributed by atoms with Crippen LogP contribution in [0.3, 0.4) is 0 Å². The molecule has 2 nitrogen and oxygen atoms in total. The predicted molar refractivity (Wildman–Crippen MR) is 97.3 cm³/mol. The van der Waals surface area contributed by atoms with Gasteiger partial charge in [0, 0.05) is 6.21 Å². The van der Waals surface area contributed by atoms with Gasteiger partial charge in [0.25, 0.3) is 0 Å². The Kier molecular flexibility index (Phi) is 11.4. The van der Waals surface area contributed by atoms with Crippen molar-refractivity contribution in [1.82, 2.24) is 0 Å². The van der Waals surface area contributed by atoms with E-state index in [1.807, 2.05) is 18.3 Å². The van der Waals surface area contributed by atoms with Crippen LogP contribution in [-0.2, 0) is 0 Å². The first-order chi connectivity index (χ1) is 10.8. The molecule has 0 amide bonds. The first-order valence-corrected chi connectivity index (χ1v) is 9.14. The van der Waals surface area contributed by atoms with Gasteiger partial charge >= 0.3 is 0 Å². The van der Waals surface area contributed by atoms with Crippen LogP contribution < -0.4 is 0 Å². The SMILES string of the molecule is CCCCCCCCCCCCC/C=N\c1ccc(O)cc1. The Morgan fingerprint density at radius 3 is 1.82 bits per heavy atom. The smallest absolute Gasteiger partial charge is 0.115 e. The summed E-state index contributed by atoms with van der Waals surface area (Å²) in [4.78, 5) is 4.39. The van der Waals surface area contributed by atoms with Crippen molar-refractivity contribution < 1.29 is 5.11 Å². The van der Waals surface area contributed by atoms with E-state index in [0.717, 1.165) is 12.1 Å². The second-order valence-electron chi connectivity index (χ2n) is 6.15. The molecule has 22 heavy (non-hydrogen) atoms. The Balaban J connectivity index is 1.86. The van der Waals surface area contributed by atoms with E-state index in [9.17, 15) is 5.11 Å². The van der Waals surface area contributed by atoms with Crippen molar-refractivity contribution in [3.05, 3.63) is 24.3 Å². The van der Waals surface area contributed by atoms with Crippen molar-refractivity contribution in [1.29, 1.82) is 0 Å². The minimum absolute atomic E-state index is 0.296. The lowest BCUT2D eigenvalue weighted by Gasteiger charge is -2.01. The summed E-state index contributed by atoms with van der Waals surface area (Å²) in [5, 5.41) is 9.19. The molecule has 0 radical (unpaired) electrons. The van der Waals surface area contributed by atoms with Crippen LogP contribution in [0, 0.1) is 0 Å². The summed E-state index contributed by atoms with van der Waals surface area (Å²) in [6.45, 7) is 2.27. The van der Waals surface area contributed by atoms with E-state index >= 15 is 0 Å². The number of aromatic hydroxyl groups is 1. The fourth-order valence-corrected chi connectivity index (χ4v) is 2.61. The van der Waals surface area contributed by atoms with Crippen LogP contribution in [0.2, 0.25) is 0 Å². The Bertz CT molecular complexity index is 383. The summed E-state index contributed by atoms with van der Waals surface area (Å²) in [5.41, 5.74) is 0.917.